The number of rotatable bonds is 3. The van der Waals surface area contributed by atoms with Gasteiger partial charge in [-0.05, 0) is 43.2 Å². The maximum Gasteiger partial charge on any atom is 0.321 e. The zero-order chi connectivity index (χ0) is 21.0. The number of non-ortho nitro benzene ring substituents is 1. The van der Waals surface area contributed by atoms with Crippen LogP contribution in [0.5, 0.6) is 0 Å². The molecule has 0 spiro atoms. The average Bonchev–Trinajstić information content (AvgIpc) is 2.96. The van der Waals surface area contributed by atoms with Gasteiger partial charge >= 0.3 is 6.03 Å². The molecule has 0 unspecified atom stereocenters. The number of hydrogen-bond donors (Lipinski definition) is 1. The van der Waals surface area contributed by atoms with Crippen molar-refractivity contribution in [3.05, 3.63) is 69.5 Å². The molecule has 2 aromatic carbocycles. The van der Waals surface area contributed by atoms with E-state index < -0.39 is 10.7 Å². The molecular weight excluding hydrogens is 379 g/mol. The zero-order valence-corrected chi connectivity index (χ0v) is 15.9. The second kappa shape index (κ2) is 8.68. The highest BCUT2D eigenvalue weighted by Gasteiger charge is 2.23. The maximum absolute atomic E-state index is 13.1. The minimum Gasteiger partial charge on any atom is -0.337 e. The number of anilines is 1. The Labute approximate surface area is 167 Å². The SMILES string of the molecule is Cc1ccc([N+](=O)[O-])cc1NC(=O)N1CCCN(C(=O)c2ccc(F)cc2)CC1. The summed E-state index contributed by atoms with van der Waals surface area (Å²) in [5.41, 5.74) is 1.40. The molecule has 0 saturated carbocycles. The molecule has 1 aliphatic rings. The largest absolute Gasteiger partial charge is 0.337 e. The van der Waals surface area contributed by atoms with Gasteiger partial charge in [-0.2, -0.15) is 0 Å². The number of nitro benzene ring substituents is 1. The third kappa shape index (κ3) is 4.87. The van der Waals surface area contributed by atoms with Gasteiger partial charge in [-0.15, -0.1) is 0 Å². The van der Waals surface area contributed by atoms with Gasteiger partial charge in [-0.25, -0.2) is 9.18 Å². The Morgan fingerprint density at radius 1 is 1.03 bits per heavy atom. The summed E-state index contributed by atoms with van der Waals surface area (Å²) in [4.78, 5) is 38.9. The number of urea groups is 1. The summed E-state index contributed by atoms with van der Waals surface area (Å²) in [6, 6.07) is 9.30. The second-order valence-corrected chi connectivity index (χ2v) is 6.83. The van der Waals surface area contributed by atoms with Crippen LogP contribution < -0.4 is 5.32 Å². The summed E-state index contributed by atoms with van der Waals surface area (Å²) in [5, 5.41) is 13.7. The van der Waals surface area contributed by atoms with E-state index in [1.165, 1.54) is 36.4 Å². The Bertz CT molecular complexity index is 933. The molecule has 1 aliphatic heterocycles. The smallest absolute Gasteiger partial charge is 0.321 e. The van der Waals surface area contributed by atoms with Crippen LogP contribution in [0.2, 0.25) is 0 Å². The van der Waals surface area contributed by atoms with Crippen LogP contribution in [-0.2, 0) is 0 Å². The molecule has 152 valence electrons. The molecule has 1 N–H and O–H groups in total. The first-order valence-electron chi connectivity index (χ1n) is 9.21. The van der Waals surface area contributed by atoms with Gasteiger partial charge in [0.05, 0.1) is 10.6 Å². The van der Waals surface area contributed by atoms with Crippen LogP contribution in [0, 0.1) is 22.9 Å². The molecule has 3 amide bonds. The average molecular weight is 400 g/mol. The first-order valence-corrected chi connectivity index (χ1v) is 9.21. The van der Waals surface area contributed by atoms with Crippen LogP contribution in [0.1, 0.15) is 22.3 Å². The Hall–Kier alpha value is -3.49. The fourth-order valence-corrected chi connectivity index (χ4v) is 3.15. The van der Waals surface area contributed by atoms with Crippen LogP contribution in [0.3, 0.4) is 0 Å². The number of aryl methyl sites for hydroxylation is 1. The van der Waals surface area contributed by atoms with E-state index in [9.17, 15) is 24.1 Å². The predicted molar refractivity (Wildman–Crippen MR) is 105 cm³/mol. The minimum atomic E-state index is -0.514. The summed E-state index contributed by atoms with van der Waals surface area (Å²) < 4.78 is 13.1. The normalized spacial score (nSPS) is 14.3. The number of hydrogen-bond acceptors (Lipinski definition) is 4. The Morgan fingerprint density at radius 2 is 1.69 bits per heavy atom. The van der Waals surface area contributed by atoms with Crippen molar-refractivity contribution >= 4 is 23.3 Å². The lowest BCUT2D eigenvalue weighted by Gasteiger charge is -2.23. The van der Waals surface area contributed by atoms with E-state index in [1.54, 1.807) is 22.8 Å². The van der Waals surface area contributed by atoms with Gasteiger partial charge in [0.2, 0.25) is 0 Å². The van der Waals surface area contributed by atoms with Crippen LogP contribution >= 0.6 is 0 Å². The summed E-state index contributed by atoms with van der Waals surface area (Å²) >= 11 is 0. The topological polar surface area (TPSA) is 95.8 Å². The Balaban J connectivity index is 1.64. The van der Waals surface area contributed by atoms with Crippen molar-refractivity contribution in [2.75, 3.05) is 31.5 Å². The van der Waals surface area contributed by atoms with Gasteiger partial charge in [-0.3, -0.25) is 14.9 Å². The molecular formula is C20H21FN4O4. The molecule has 3 rings (SSSR count). The van der Waals surface area contributed by atoms with E-state index in [0.29, 0.717) is 49.4 Å². The molecule has 1 saturated heterocycles. The molecule has 0 bridgehead atoms. The van der Waals surface area contributed by atoms with E-state index in [1.807, 2.05) is 0 Å². The van der Waals surface area contributed by atoms with E-state index in [-0.39, 0.29) is 17.6 Å². The number of carbonyl (C=O) groups excluding carboxylic acids is 2. The van der Waals surface area contributed by atoms with Crippen LogP contribution in [-0.4, -0.2) is 52.8 Å². The van der Waals surface area contributed by atoms with E-state index in [2.05, 4.69) is 5.32 Å². The molecule has 29 heavy (non-hydrogen) atoms. The standard InChI is InChI=1S/C20H21FN4O4/c1-14-3-8-17(25(28)29)13-18(14)22-20(27)24-10-2-9-23(11-12-24)19(26)15-4-6-16(21)7-5-15/h3-8,13H,2,9-12H2,1H3,(H,22,27). The Morgan fingerprint density at radius 3 is 2.38 bits per heavy atom. The molecule has 1 fully saturated rings. The summed E-state index contributed by atoms with van der Waals surface area (Å²) in [6.45, 7) is 3.36. The van der Waals surface area contributed by atoms with Gasteiger partial charge in [-0.1, -0.05) is 6.07 Å². The number of benzene rings is 2. The monoisotopic (exact) mass is 400 g/mol. The summed E-state index contributed by atoms with van der Waals surface area (Å²) in [5.74, 6) is -0.613. The van der Waals surface area contributed by atoms with E-state index in [0.717, 1.165) is 0 Å². The van der Waals surface area contributed by atoms with Gasteiger partial charge < -0.3 is 15.1 Å². The van der Waals surface area contributed by atoms with Gasteiger partial charge in [0.25, 0.3) is 11.6 Å². The Kier molecular flexibility index (Phi) is 6.06. The number of halogens is 1. The van der Waals surface area contributed by atoms with Gasteiger partial charge in [0.1, 0.15) is 5.82 Å². The number of carbonyl (C=O) groups is 2. The fraction of sp³-hybridized carbons (Fsp3) is 0.300. The summed E-state index contributed by atoms with van der Waals surface area (Å²) in [6.07, 6.45) is 0.592. The number of nitro groups is 1. The lowest BCUT2D eigenvalue weighted by Crippen LogP contribution is -2.39. The predicted octanol–water partition coefficient (Wildman–Crippen LogP) is 3.42. The number of amides is 3. The third-order valence-corrected chi connectivity index (χ3v) is 4.84. The highest BCUT2D eigenvalue weighted by molar-refractivity contribution is 5.94. The highest BCUT2D eigenvalue weighted by Crippen LogP contribution is 2.22. The first-order chi connectivity index (χ1) is 13.8. The van der Waals surface area contributed by atoms with Crippen molar-refractivity contribution in [3.8, 4) is 0 Å². The van der Waals surface area contributed by atoms with E-state index >= 15 is 0 Å². The quantitative estimate of drug-likeness (QED) is 0.631. The molecule has 0 atom stereocenters. The van der Waals surface area contributed by atoms with Crippen LogP contribution in [0.4, 0.5) is 20.6 Å². The number of nitrogens with one attached hydrogen (secondary N) is 1. The molecule has 8 nitrogen and oxygen atoms in total. The highest BCUT2D eigenvalue weighted by atomic mass is 19.1. The van der Waals surface area contributed by atoms with Crippen molar-refractivity contribution in [1.29, 1.82) is 0 Å². The summed E-state index contributed by atoms with van der Waals surface area (Å²) in [7, 11) is 0. The zero-order valence-electron chi connectivity index (χ0n) is 15.9. The lowest BCUT2D eigenvalue weighted by molar-refractivity contribution is -0.384. The molecule has 9 heteroatoms. The molecule has 0 aliphatic carbocycles. The van der Waals surface area contributed by atoms with Crippen molar-refractivity contribution in [1.82, 2.24) is 9.80 Å². The molecule has 0 aromatic heterocycles. The van der Waals surface area contributed by atoms with Crippen molar-refractivity contribution in [3.63, 3.8) is 0 Å². The second-order valence-electron chi connectivity index (χ2n) is 6.83. The van der Waals surface area contributed by atoms with Crippen molar-refractivity contribution in [2.24, 2.45) is 0 Å². The van der Waals surface area contributed by atoms with Crippen molar-refractivity contribution in [2.45, 2.75) is 13.3 Å². The molecule has 0 radical (unpaired) electrons. The number of nitrogens with zero attached hydrogens (tertiary/aromatic N) is 3. The fourth-order valence-electron chi connectivity index (χ4n) is 3.15. The van der Waals surface area contributed by atoms with Crippen LogP contribution in [0.15, 0.2) is 42.5 Å². The lowest BCUT2D eigenvalue weighted by atomic mass is 10.2. The van der Waals surface area contributed by atoms with Crippen molar-refractivity contribution < 1.29 is 18.9 Å². The van der Waals surface area contributed by atoms with Gasteiger partial charge in [0, 0.05) is 43.9 Å². The van der Waals surface area contributed by atoms with E-state index in [4.69, 9.17) is 0 Å². The van der Waals surface area contributed by atoms with Gasteiger partial charge in [0.15, 0.2) is 0 Å². The van der Waals surface area contributed by atoms with Crippen LogP contribution in [0.25, 0.3) is 0 Å². The minimum absolute atomic E-state index is 0.0992. The molecule has 2 aromatic rings. The third-order valence-electron chi connectivity index (χ3n) is 4.84. The molecule has 1 heterocycles. The maximum atomic E-state index is 13.1. The first kappa shape index (κ1) is 20.2.